The van der Waals surface area contributed by atoms with Crippen LogP contribution in [0.25, 0.3) is 0 Å². The third kappa shape index (κ3) is 6.39. The van der Waals surface area contributed by atoms with Gasteiger partial charge in [0.1, 0.15) is 5.76 Å². The van der Waals surface area contributed by atoms with Gasteiger partial charge in [-0.05, 0) is 73.6 Å². The average molecular weight is 325 g/mol. The Bertz CT molecular complexity index is 565. The van der Waals surface area contributed by atoms with Gasteiger partial charge in [0.05, 0.1) is 7.11 Å². The first-order valence-corrected chi connectivity index (χ1v) is 9.39. The fourth-order valence-corrected chi connectivity index (χ4v) is 3.29. The number of aryl methyl sites for hydroxylation is 1. The van der Waals surface area contributed by atoms with Gasteiger partial charge in [0, 0.05) is 0 Å². The zero-order chi connectivity index (χ0) is 17.2. The molecule has 0 radical (unpaired) electrons. The molecule has 1 nitrogen and oxygen atoms in total. The second-order valence-corrected chi connectivity index (χ2v) is 6.90. The molecule has 0 heterocycles. The number of hydrogen-bond donors (Lipinski definition) is 0. The first-order valence-electron chi connectivity index (χ1n) is 9.39. The third-order valence-electron chi connectivity index (χ3n) is 4.89. The Morgan fingerprint density at radius 1 is 1.08 bits per heavy atom. The van der Waals surface area contributed by atoms with Crippen molar-refractivity contribution in [1.29, 1.82) is 0 Å². The number of ether oxygens (including phenoxy) is 1. The zero-order valence-electron chi connectivity index (χ0n) is 15.5. The number of benzene rings is 1. The highest BCUT2D eigenvalue weighted by Gasteiger charge is 2.14. The SMILES string of the molecule is CCc1ccccc1.COC1=C/C2=CC(CCC2)CCC(C)\C=C\1. The van der Waals surface area contributed by atoms with Crippen molar-refractivity contribution in [3.8, 4) is 0 Å². The molecule has 0 N–H and O–H groups in total. The van der Waals surface area contributed by atoms with Crippen LogP contribution in [0.15, 0.2) is 66.0 Å². The molecule has 0 saturated carbocycles. The van der Waals surface area contributed by atoms with E-state index in [2.05, 4.69) is 62.4 Å². The minimum absolute atomic E-state index is 0.662. The number of allylic oxidation sites excluding steroid dienone is 5. The molecule has 1 heteroatoms. The van der Waals surface area contributed by atoms with Crippen molar-refractivity contribution in [1.82, 2.24) is 0 Å². The highest BCUT2D eigenvalue weighted by Crippen LogP contribution is 2.30. The van der Waals surface area contributed by atoms with Crippen LogP contribution in [0.3, 0.4) is 0 Å². The van der Waals surface area contributed by atoms with Crippen LogP contribution in [0.2, 0.25) is 0 Å². The van der Waals surface area contributed by atoms with Gasteiger partial charge in [-0.1, -0.05) is 56.3 Å². The Labute approximate surface area is 148 Å². The fourth-order valence-electron chi connectivity index (χ4n) is 3.29. The van der Waals surface area contributed by atoms with Gasteiger partial charge in [-0.3, -0.25) is 0 Å². The van der Waals surface area contributed by atoms with E-state index >= 15 is 0 Å². The molecule has 0 aliphatic heterocycles. The van der Waals surface area contributed by atoms with Crippen molar-refractivity contribution in [3.63, 3.8) is 0 Å². The molecule has 2 unspecified atom stereocenters. The second-order valence-electron chi connectivity index (χ2n) is 6.90. The summed E-state index contributed by atoms with van der Waals surface area (Å²) in [6.07, 6.45) is 16.8. The highest BCUT2D eigenvalue weighted by molar-refractivity contribution is 5.29. The Morgan fingerprint density at radius 3 is 2.54 bits per heavy atom. The number of hydrogen-bond acceptors (Lipinski definition) is 1. The smallest absolute Gasteiger partial charge is 0.118 e. The van der Waals surface area contributed by atoms with E-state index in [0.29, 0.717) is 5.92 Å². The van der Waals surface area contributed by atoms with Crippen molar-refractivity contribution in [2.24, 2.45) is 11.8 Å². The van der Waals surface area contributed by atoms with Gasteiger partial charge in [0.15, 0.2) is 0 Å². The summed E-state index contributed by atoms with van der Waals surface area (Å²) < 4.78 is 5.40. The monoisotopic (exact) mass is 324 g/mol. The van der Waals surface area contributed by atoms with E-state index in [1.807, 2.05) is 6.07 Å². The maximum Gasteiger partial charge on any atom is 0.118 e. The minimum atomic E-state index is 0.662. The van der Waals surface area contributed by atoms with Gasteiger partial charge in [-0.2, -0.15) is 0 Å². The van der Waals surface area contributed by atoms with Crippen molar-refractivity contribution in [2.75, 3.05) is 7.11 Å². The number of rotatable bonds is 2. The molecule has 0 aromatic heterocycles. The first-order chi connectivity index (χ1) is 11.7. The molecule has 0 amide bonds. The molecule has 3 rings (SSSR count). The van der Waals surface area contributed by atoms with E-state index < -0.39 is 0 Å². The summed E-state index contributed by atoms with van der Waals surface area (Å²) in [5, 5.41) is 0. The summed E-state index contributed by atoms with van der Waals surface area (Å²) in [5.74, 6) is 2.46. The standard InChI is InChI=1S/C15H22O.C8H10/c1-12-6-8-13-4-3-5-14(10-13)11-15(16-2)9-7-12;1-2-8-6-4-3-5-7-8/h7,9-13H,3-6,8H2,1-2H3;3-7H,2H2,1H3/b9-7+,15-11+;. The quantitative estimate of drug-likeness (QED) is 0.605. The molecule has 2 bridgehead atoms. The molecule has 0 fully saturated rings. The van der Waals surface area contributed by atoms with Gasteiger partial charge in [0.25, 0.3) is 0 Å². The van der Waals surface area contributed by atoms with E-state index in [1.54, 1.807) is 7.11 Å². The topological polar surface area (TPSA) is 9.23 Å². The van der Waals surface area contributed by atoms with Crippen LogP contribution in [0, 0.1) is 11.8 Å². The van der Waals surface area contributed by atoms with E-state index in [0.717, 1.165) is 18.1 Å². The largest absolute Gasteiger partial charge is 0.497 e. The molecule has 0 saturated heterocycles. The average Bonchev–Trinajstić information content (AvgIpc) is 2.64. The lowest BCUT2D eigenvalue weighted by molar-refractivity contribution is 0.305. The maximum atomic E-state index is 5.40. The summed E-state index contributed by atoms with van der Waals surface area (Å²) in [5.41, 5.74) is 2.87. The predicted octanol–water partition coefficient (Wildman–Crippen LogP) is 6.48. The molecule has 24 heavy (non-hydrogen) atoms. The Hall–Kier alpha value is -1.76. The summed E-state index contributed by atoms with van der Waals surface area (Å²) in [7, 11) is 1.76. The molecule has 2 aliphatic rings. The van der Waals surface area contributed by atoms with Gasteiger partial charge >= 0.3 is 0 Å². The van der Waals surface area contributed by atoms with Crippen LogP contribution in [0.4, 0.5) is 0 Å². The summed E-state index contributed by atoms with van der Waals surface area (Å²) >= 11 is 0. The number of methoxy groups -OCH3 is 1. The summed E-state index contributed by atoms with van der Waals surface area (Å²) in [6.45, 7) is 4.45. The first kappa shape index (κ1) is 18.6. The molecular formula is C23H32O. The lowest BCUT2D eigenvalue weighted by Gasteiger charge is -2.22. The Kier molecular flexibility index (Phi) is 7.88. The minimum Gasteiger partial charge on any atom is -0.497 e. The van der Waals surface area contributed by atoms with Gasteiger partial charge in [-0.25, -0.2) is 0 Å². The molecule has 2 atom stereocenters. The van der Waals surface area contributed by atoms with Crippen LogP contribution >= 0.6 is 0 Å². The molecular weight excluding hydrogens is 292 g/mol. The van der Waals surface area contributed by atoms with Crippen LogP contribution < -0.4 is 0 Å². The van der Waals surface area contributed by atoms with E-state index in [1.165, 1.54) is 43.2 Å². The summed E-state index contributed by atoms with van der Waals surface area (Å²) in [4.78, 5) is 0. The normalized spacial score (nSPS) is 26.8. The fraction of sp³-hybridized carbons (Fsp3) is 0.478. The van der Waals surface area contributed by atoms with Crippen molar-refractivity contribution in [3.05, 3.63) is 71.5 Å². The Balaban J connectivity index is 0.000000219. The third-order valence-corrected chi connectivity index (χ3v) is 4.89. The molecule has 0 spiro atoms. The molecule has 1 aromatic rings. The van der Waals surface area contributed by atoms with E-state index in [4.69, 9.17) is 4.74 Å². The van der Waals surface area contributed by atoms with Crippen molar-refractivity contribution < 1.29 is 4.74 Å². The zero-order valence-corrected chi connectivity index (χ0v) is 15.5. The van der Waals surface area contributed by atoms with Crippen LogP contribution in [-0.2, 0) is 11.2 Å². The predicted molar refractivity (Wildman–Crippen MR) is 104 cm³/mol. The van der Waals surface area contributed by atoms with Gasteiger partial charge in [-0.15, -0.1) is 0 Å². The van der Waals surface area contributed by atoms with Crippen molar-refractivity contribution >= 4 is 0 Å². The van der Waals surface area contributed by atoms with Gasteiger partial charge in [0.2, 0.25) is 0 Å². The molecule has 130 valence electrons. The molecule has 2 aliphatic carbocycles. The van der Waals surface area contributed by atoms with Crippen LogP contribution in [0.1, 0.15) is 51.5 Å². The summed E-state index contributed by atoms with van der Waals surface area (Å²) in [6, 6.07) is 10.5. The van der Waals surface area contributed by atoms with E-state index in [-0.39, 0.29) is 0 Å². The molecule has 1 aromatic carbocycles. The van der Waals surface area contributed by atoms with E-state index in [9.17, 15) is 0 Å². The second kappa shape index (κ2) is 10.2. The van der Waals surface area contributed by atoms with Crippen LogP contribution in [0.5, 0.6) is 0 Å². The highest BCUT2D eigenvalue weighted by atomic mass is 16.5. The maximum absolute atomic E-state index is 5.40. The van der Waals surface area contributed by atoms with Gasteiger partial charge < -0.3 is 4.74 Å². The lowest BCUT2D eigenvalue weighted by Crippen LogP contribution is -2.07. The van der Waals surface area contributed by atoms with Crippen molar-refractivity contribution in [2.45, 2.75) is 52.4 Å². The lowest BCUT2D eigenvalue weighted by atomic mass is 9.85. The van der Waals surface area contributed by atoms with Crippen LogP contribution in [-0.4, -0.2) is 7.11 Å². The Morgan fingerprint density at radius 2 is 1.88 bits per heavy atom. The number of fused-ring (bicyclic) bond motifs is 1.